The lowest BCUT2D eigenvalue weighted by molar-refractivity contribution is -0.0218. The number of aryl methyl sites for hydroxylation is 4. The first-order valence-electron chi connectivity index (χ1n) is 39.0. The molecule has 0 unspecified atom stereocenters. The fourth-order valence-electron chi connectivity index (χ4n) is 20.6. The number of fused-ring (bicyclic) bond motifs is 4. The van der Waals surface area contributed by atoms with E-state index in [4.69, 9.17) is 0 Å². The van der Waals surface area contributed by atoms with E-state index in [-0.39, 0.29) is 57.9 Å². The quantitative estimate of drug-likeness (QED) is 0.0613. The first kappa shape index (κ1) is 73.7. The highest BCUT2D eigenvalue weighted by atomic mass is 16.3. The van der Waals surface area contributed by atoms with Gasteiger partial charge in [0.05, 0.1) is 71.4 Å². The summed E-state index contributed by atoms with van der Waals surface area (Å²) in [7, 11) is 0. The second kappa shape index (κ2) is 29.8. The van der Waals surface area contributed by atoms with Gasteiger partial charge in [-0.2, -0.15) is 0 Å². The van der Waals surface area contributed by atoms with E-state index in [1.54, 1.807) is 25.3 Å². The van der Waals surface area contributed by atoms with Crippen LogP contribution in [0.15, 0.2) is 196 Å². The fraction of sp³-hybridized carbons (Fsp3) is 0.442. The summed E-state index contributed by atoms with van der Waals surface area (Å²) in [5.41, 5.74) is 10.8. The smallest absolute Gasteiger partial charge is 0.143 e. The molecule has 110 heavy (non-hydrogen) atoms. The number of rotatable bonds is 10. The lowest BCUT2D eigenvalue weighted by Gasteiger charge is -2.27. The van der Waals surface area contributed by atoms with Crippen LogP contribution in [0.2, 0.25) is 0 Å². The number of benzene rings is 4. The molecule has 4 aromatic carbocycles. The van der Waals surface area contributed by atoms with E-state index in [1.807, 2.05) is 144 Å². The number of aliphatic hydroxyl groups excluding tert-OH is 8. The monoisotopic (exact) mass is 1480 g/mol. The van der Waals surface area contributed by atoms with Crippen LogP contribution in [-0.2, 0) is 12.8 Å². The molecule has 8 fully saturated rings. The van der Waals surface area contributed by atoms with Gasteiger partial charge in [0.1, 0.15) is 72.3 Å². The number of hydrogen-bond acceptors (Lipinski definition) is 20. The fourth-order valence-corrected chi connectivity index (χ4v) is 20.6. The van der Waals surface area contributed by atoms with Gasteiger partial charge in [-0.1, -0.05) is 121 Å². The molecule has 12 heterocycles. The van der Waals surface area contributed by atoms with E-state index in [0.717, 1.165) is 144 Å². The highest BCUT2D eigenvalue weighted by Gasteiger charge is 2.60. The molecule has 24 nitrogen and oxygen atoms in total. The number of hydrogen-bond donors (Lipinski definition) is 12. The third-order valence-corrected chi connectivity index (χ3v) is 26.6. The molecule has 20 rings (SSSR count). The van der Waals surface area contributed by atoms with Crippen molar-refractivity contribution < 1.29 is 40.9 Å². The van der Waals surface area contributed by atoms with Gasteiger partial charge < -0.3 is 80.4 Å². The van der Waals surface area contributed by atoms with Crippen molar-refractivity contribution in [1.82, 2.24) is 79.4 Å². The van der Waals surface area contributed by atoms with E-state index in [9.17, 15) is 40.9 Å². The Balaban J connectivity index is 0.000000107. The lowest BCUT2D eigenvalue weighted by Crippen LogP contribution is -2.38. The maximum atomic E-state index is 11.0. The Morgan fingerprint density at radius 1 is 0.309 bits per heavy atom. The van der Waals surface area contributed by atoms with Crippen molar-refractivity contribution in [3.63, 3.8) is 0 Å². The number of nitrogens with one attached hydrogen (secondary N) is 4. The molecule has 20 atom stereocenters. The zero-order valence-corrected chi connectivity index (χ0v) is 62.6. The molecule has 0 bridgehead atoms. The lowest BCUT2D eigenvalue weighted by atomic mass is 9.80. The number of aliphatic hydroxyl groups is 8. The summed E-state index contributed by atoms with van der Waals surface area (Å²) in [6.07, 6.45) is 16.0. The van der Waals surface area contributed by atoms with E-state index in [0.29, 0.717) is 25.2 Å². The molecule has 4 spiro atoms. The molecule has 4 saturated carbocycles. The van der Waals surface area contributed by atoms with Crippen molar-refractivity contribution in [2.75, 3.05) is 26.2 Å². The van der Waals surface area contributed by atoms with Gasteiger partial charge in [-0.25, -0.2) is 39.9 Å². The van der Waals surface area contributed by atoms with Crippen LogP contribution in [-0.4, -0.2) is 186 Å². The normalized spacial score (nSPS) is 32.9. The first-order chi connectivity index (χ1) is 53.3. The van der Waals surface area contributed by atoms with Crippen molar-refractivity contribution in [3.05, 3.63) is 241 Å². The topological polar surface area (TPSA) is 333 Å². The standard InChI is InChI=1S/2C22H26N4O2.2C21H24N4O2/c2*1-14-17-7-8-26(21(17)25-13-24-14)18-11-22(20(28)19(18)27)10-16(23-12-22)9-15-5-3-2-4-6-15;2*1-13-15-7-8-25(20(15)24-12-23-13)17-10-21(19(27)18(17)26)9-16(22-11-21)14-5-3-2-4-6-14/h2*2-8,13,16,18-20,23,27-28H,9-12H2,1H3;2*2-8,12,16-19,22,26-27H,9-11H2,1H3/t16-,18+,19-,20-,22-;16-,18-,19+,20+,22+;16-,17+,18-,19-,21-;16-,17-,18+,19+,21+/m0101/s1. The highest BCUT2D eigenvalue weighted by Crippen LogP contribution is 2.56. The van der Waals surface area contributed by atoms with Crippen LogP contribution in [0.3, 0.4) is 0 Å². The van der Waals surface area contributed by atoms with Gasteiger partial charge in [0.2, 0.25) is 0 Å². The van der Waals surface area contributed by atoms with Gasteiger partial charge in [0.25, 0.3) is 0 Å². The van der Waals surface area contributed by atoms with E-state index >= 15 is 0 Å². The summed E-state index contributed by atoms with van der Waals surface area (Å²) in [5.74, 6) is 0. The van der Waals surface area contributed by atoms with Gasteiger partial charge in [-0.05, 0) is 138 Å². The number of nitrogens with zero attached hydrogens (tertiary/aromatic N) is 12. The van der Waals surface area contributed by atoms with Crippen molar-refractivity contribution in [2.24, 2.45) is 21.7 Å². The molecule has 4 aliphatic heterocycles. The minimum atomic E-state index is -0.813. The van der Waals surface area contributed by atoms with Gasteiger partial charge in [-0.3, -0.25) is 0 Å². The second-order valence-corrected chi connectivity index (χ2v) is 33.0. The van der Waals surface area contributed by atoms with Crippen LogP contribution in [0, 0.1) is 49.4 Å². The SMILES string of the molecule is Cc1ncnc2c1ccn2[C@@H]1C[C@@]2(CN[C@@H](Cc3ccccc3)C2)[C@@H](O)[C@H]1O.Cc1ncnc2c1ccn2[C@@H]1C[C@@]2(CN[C@@H](c3ccccc3)C2)[C@@H](O)[C@H]1O.Cc1ncnc2c1ccn2[C@@H]1C[C@@]2(CN[C@H](Cc3ccccc3)C2)[C@@H](O)[C@H]1O.Cc1ncnc2c1ccn2[C@@H]1C[C@@]2(CN[C@H](c3ccccc3)C2)[C@@H](O)[C@H]1O. The third kappa shape index (κ3) is 13.3. The van der Waals surface area contributed by atoms with Crippen molar-refractivity contribution >= 4 is 44.1 Å². The van der Waals surface area contributed by atoms with Crippen LogP contribution in [0.4, 0.5) is 0 Å². The third-order valence-electron chi connectivity index (χ3n) is 26.6. The maximum Gasteiger partial charge on any atom is 0.143 e. The van der Waals surface area contributed by atoms with E-state index < -0.39 is 48.8 Å². The van der Waals surface area contributed by atoms with Crippen molar-refractivity contribution in [3.8, 4) is 0 Å². The average Bonchev–Trinajstić information content (AvgIpc) is 1.60. The summed E-state index contributed by atoms with van der Waals surface area (Å²) in [6, 6.07) is 49.8. The van der Waals surface area contributed by atoms with E-state index in [2.05, 4.69) is 134 Å². The van der Waals surface area contributed by atoms with Gasteiger partial charge >= 0.3 is 0 Å². The Labute approximate surface area is 638 Å². The summed E-state index contributed by atoms with van der Waals surface area (Å²) in [4.78, 5) is 34.7. The average molecular weight is 1490 g/mol. The molecule has 12 N–H and O–H groups in total. The molecule has 24 heteroatoms. The molecule has 572 valence electrons. The summed E-state index contributed by atoms with van der Waals surface area (Å²) < 4.78 is 8.08. The van der Waals surface area contributed by atoms with E-state index in [1.165, 1.54) is 22.3 Å². The molecule has 4 saturated heterocycles. The Morgan fingerprint density at radius 2 is 0.564 bits per heavy atom. The Morgan fingerprint density at radius 3 is 0.845 bits per heavy atom. The summed E-state index contributed by atoms with van der Waals surface area (Å²) >= 11 is 0. The van der Waals surface area contributed by atoms with Gasteiger partial charge in [0, 0.05) is 118 Å². The predicted octanol–water partition coefficient (Wildman–Crippen LogP) is 8.25. The van der Waals surface area contributed by atoms with Gasteiger partial charge in [0.15, 0.2) is 0 Å². The first-order valence-corrected chi connectivity index (χ1v) is 39.0. The predicted molar refractivity (Wildman–Crippen MR) is 418 cm³/mol. The van der Waals surface area contributed by atoms with Crippen LogP contribution < -0.4 is 21.3 Å². The molecule has 12 aromatic rings. The van der Waals surface area contributed by atoms with Gasteiger partial charge in [-0.15, -0.1) is 0 Å². The Kier molecular flexibility index (Phi) is 20.0. The number of aromatic nitrogens is 12. The summed E-state index contributed by atoms with van der Waals surface area (Å²) in [6.45, 7) is 10.7. The van der Waals surface area contributed by atoms with Crippen LogP contribution in [0.25, 0.3) is 44.1 Å². The minimum absolute atomic E-state index is 0.181. The van der Waals surface area contributed by atoms with Crippen LogP contribution in [0.5, 0.6) is 0 Å². The zero-order chi connectivity index (χ0) is 75.8. The minimum Gasteiger partial charge on any atom is -0.390 e. The molecule has 4 aliphatic carbocycles. The highest BCUT2D eigenvalue weighted by molar-refractivity contribution is 5.81. The van der Waals surface area contributed by atoms with Crippen molar-refractivity contribution in [1.29, 1.82) is 0 Å². The summed E-state index contributed by atoms with van der Waals surface area (Å²) in [5, 5.41) is 106. The Bertz CT molecular complexity index is 4890. The second-order valence-electron chi connectivity index (χ2n) is 33.0. The molecule has 0 radical (unpaired) electrons. The molecule has 8 aromatic heterocycles. The molecule has 0 amide bonds. The zero-order valence-electron chi connectivity index (χ0n) is 62.6. The molecular weight excluding hydrogens is 1390 g/mol. The van der Waals surface area contributed by atoms with Crippen LogP contribution in [0.1, 0.15) is 133 Å². The largest absolute Gasteiger partial charge is 0.390 e. The molecular formula is C86H100N16O8. The maximum absolute atomic E-state index is 11.0. The Hall–Kier alpha value is -9.12. The molecule has 8 aliphatic rings. The van der Waals surface area contributed by atoms with Crippen LogP contribution >= 0.6 is 0 Å². The van der Waals surface area contributed by atoms with Crippen molar-refractivity contribution in [2.45, 2.75) is 189 Å².